The van der Waals surface area contributed by atoms with Gasteiger partial charge in [0.25, 0.3) is 0 Å². The molecule has 1 aromatic heterocycles. The van der Waals surface area contributed by atoms with E-state index in [0.717, 1.165) is 79.3 Å². The molecule has 55 heavy (non-hydrogen) atoms. The molecule has 1 heterocycles. The molecule has 1 aliphatic rings. The normalized spacial score (nSPS) is 13.9. The van der Waals surface area contributed by atoms with E-state index >= 15 is 0 Å². The van der Waals surface area contributed by atoms with Crippen LogP contribution in [0, 0.1) is 5.92 Å². The first kappa shape index (κ1) is 42.0. The lowest BCUT2D eigenvalue weighted by atomic mass is 10.0. The van der Waals surface area contributed by atoms with Crippen LogP contribution in [0.5, 0.6) is 17.2 Å². The number of unbranched alkanes of at least 4 members (excludes halogenated alkanes) is 1. The van der Waals surface area contributed by atoms with Crippen molar-refractivity contribution in [3.05, 3.63) is 161 Å². The number of nitrogens with one attached hydrogen (secondary N) is 1. The van der Waals surface area contributed by atoms with Crippen LogP contribution in [0.3, 0.4) is 0 Å². The third kappa shape index (κ3) is 13.9. The predicted molar refractivity (Wildman–Crippen MR) is 223 cm³/mol. The van der Waals surface area contributed by atoms with E-state index in [0.29, 0.717) is 12.2 Å². The second kappa shape index (κ2) is 22.5. The minimum absolute atomic E-state index is 0.0806. The number of carboxylic acids is 1. The molecule has 3 aromatic carbocycles. The standard InChI is InChI=1S/C34H45N3O3.C13H10O2/c1-6-8-21-37-23-32(29-12-9-11-25(3)13-18-29)36-33(37)31(35-5)22-27-16-19-30(20-17-27)40-24-28(10-7-2)15-14-26(4)34(38)39;14-10-11-6-8-13(9-7-11)15-12-4-2-1-3-5-12/h9-11,13-20,23,26,31,35H,6-8,12,21-22,24H2,1-5H3,(H,38,39);1-10H/b15-14-,28-10+;. The fourth-order valence-electron chi connectivity index (χ4n) is 5.76. The van der Waals surface area contributed by atoms with Gasteiger partial charge >= 0.3 is 5.97 Å². The lowest BCUT2D eigenvalue weighted by molar-refractivity contribution is -0.139. The van der Waals surface area contributed by atoms with Crippen molar-refractivity contribution >= 4 is 17.8 Å². The SMILES string of the molecule is CC/C=C(\C=C/C(C)C(=O)O)COc1ccc(CC(NC)c2nc(C3=CC=C(C)C=CC3)cn2CCCC)cc1.O=Cc1ccc(Oc2ccccc2)cc1. The van der Waals surface area contributed by atoms with E-state index in [1.165, 1.54) is 16.7 Å². The number of rotatable bonds is 18. The van der Waals surface area contributed by atoms with Crippen LogP contribution in [0.2, 0.25) is 0 Å². The van der Waals surface area contributed by atoms with Crippen molar-refractivity contribution in [1.82, 2.24) is 14.9 Å². The molecule has 5 rings (SSSR count). The quantitative estimate of drug-likeness (QED) is 0.0773. The first-order valence-electron chi connectivity index (χ1n) is 19.1. The average Bonchev–Trinajstić information content (AvgIpc) is 3.50. The molecule has 2 atom stereocenters. The Bertz CT molecular complexity index is 1950. The van der Waals surface area contributed by atoms with Gasteiger partial charge in [-0.05, 0) is 112 Å². The van der Waals surface area contributed by atoms with Crippen molar-refractivity contribution in [3.8, 4) is 17.2 Å². The Balaban J connectivity index is 0.000000371. The van der Waals surface area contributed by atoms with Gasteiger partial charge in [0.1, 0.15) is 36.0 Å². The summed E-state index contributed by atoms with van der Waals surface area (Å²) in [5, 5.41) is 12.6. The summed E-state index contributed by atoms with van der Waals surface area (Å²) < 4.78 is 13.9. The summed E-state index contributed by atoms with van der Waals surface area (Å²) in [5.41, 5.74) is 6.36. The Morgan fingerprint density at radius 3 is 2.35 bits per heavy atom. The number of carboxylic acid groups (broad SMARTS) is 1. The Kier molecular flexibility index (Phi) is 17.2. The number of nitrogens with zero attached hydrogens (tertiary/aromatic N) is 2. The van der Waals surface area contributed by atoms with E-state index in [1.54, 1.807) is 37.3 Å². The first-order chi connectivity index (χ1) is 26.7. The second-order valence-electron chi connectivity index (χ2n) is 13.5. The maximum absolute atomic E-state index is 11.1. The molecule has 0 radical (unpaired) electrons. The van der Waals surface area contributed by atoms with Gasteiger partial charge in [-0.25, -0.2) is 4.98 Å². The zero-order chi connectivity index (χ0) is 39.4. The highest BCUT2D eigenvalue weighted by atomic mass is 16.5. The number of para-hydroxylation sites is 1. The minimum Gasteiger partial charge on any atom is -0.489 e. The molecular weight excluding hydrogens is 687 g/mol. The van der Waals surface area contributed by atoms with Gasteiger partial charge < -0.3 is 24.5 Å². The van der Waals surface area contributed by atoms with Crippen molar-refractivity contribution in [2.45, 2.75) is 72.4 Å². The van der Waals surface area contributed by atoms with Gasteiger partial charge in [0.15, 0.2) is 0 Å². The summed E-state index contributed by atoms with van der Waals surface area (Å²) in [7, 11) is 2.00. The molecule has 8 nitrogen and oxygen atoms in total. The third-order valence-corrected chi connectivity index (χ3v) is 9.03. The van der Waals surface area contributed by atoms with Crippen LogP contribution in [-0.2, 0) is 17.8 Å². The van der Waals surface area contributed by atoms with Crippen LogP contribution in [0.4, 0.5) is 0 Å². The number of aldehydes is 1. The highest BCUT2D eigenvalue weighted by Gasteiger charge is 2.20. The Labute approximate surface area is 326 Å². The average molecular weight is 742 g/mol. The minimum atomic E-state index is -0.835. The summed E-state index contributed by atoms with van der Waals surface area (Å²) in [4.78, 5) is 26.7. The van der Waals surface area contributed by atoms with Crippen LogP contribution < -0.4 is 14.8 Å². The molecule has 0 aliphatic heterocycles. The van der Waals surface area contributed by atoms with Crippen molar-refractivity contribution < 1.29 is 24.2 Å². The number of carbonyl (C=O) groups excluding carboxylic acids is 1. The molecule has 0 bridgehead atoms. The molecule has 288 valence electrons. The predicted octanol–water partition coefficient (Wildman–Crippen LogP) is 10.8. The number of imidazole rings is 1. The monoisotopic (exact) mass is 741 g/mol. The summed E-state index contributed by atoms with van der Waals surface area (Å²) in [6, 6.07) is 24.8. The zero-order valence-electron chi connectivity index (χ0n) is 32.8. The van der Waals surface area contributed by atoms with E-state index in [4.69, 9.17) is 19.6 Å². The molecule has 0 saturated heterocycles. The van der Waals surface area contributed by atoms with Gasteiger partial charge in [-0.1, -0.05) is 98.7 Å². The van der Waals surface area contributed by atoms with Crippen LogP contribution in [0.1, 0.15) is 86.9 Å². The smallest absolute Gasteiger partial charge is 0.310 e. The van der Waals surface area contributed by atoms with Crippen molar-refractivity contribution in [2.75, 3.05) is 13.7 Å². The molecule has 0 saturated carbocycles. The lowest BCUT2D eigenvalue weighted by Crippen LogP contribution is -2.23. The number of hydrogen-bond donors (Lipinski definition) is 2. The number of hydrogen-bond acceptors (Lipinski definition) is 6. The van der Waals surface area contributed by atoms with Gasteiger partial charge in [-0.3, -0.25) is 9.59 Å². The number of aryl methyl sites for hydroxylation is 1. The Hall–Kier alpha value is -5.73. The molecule has 8 heteroatoms. The molecule has 2 unspecified atom stereocenters. The highest BCUT2D eigenvalue weighted by Crippen LogP contribution is 2.27. The van der Waals surface area contributed by atoms with E-state index in [2.05, 4.69) is 79.4 Å². The Morgan fingerprint density at radius 1 is 0.982 bits per heavy atom. The molecule has 0 spiro atoms. The molecule has 1 aliphatic carbocycles. The van der Waals surface area contributed by atoms with Gasteiger partial charge in [0.2, 0.25) is 0 Å². The number of allylic oxidation sites excluding steroid dienone is 7. The van der Waals surface area contributed by atoms with Crippen molar-refractivity contribution in [1.29, 1.82) is 0 Å². The van der Waals surface area contributed by atoms with E-state index in [-0.39, 0.29) is 6.04 Å². The molecule has 0 fully saturated rings. The van der Waals surface area contributed by atoms with Gasteiger partial charge in [-0.15, -0.1) is 0 Å². The third-order valence-electron chi connectivity index (χ3n) is 9.03. The van der Waals surface area contributed by atoms with E-state index < -0.39 is 11.9 Å². The molecule has 0 amide bonds. The zero-order valence-corrected chi connectivity index (χ0v) is 32.8. The van der Waals surface area contributed by atoms with Crippen molar-refractivity contribution in [2.24, 2.45) is 5.92 Å². The highest BCUT2D eigenvalue weighted by molar-refractivity contribution is 5.75. The van der Waals surface area contributed by atoms with Crippen LogP contribution >= 0.6 is 0 Å². The van der Waals surface area contributed by atoms with Crippen LogP contribution in [-0.4, -0.2) is 40.6 Å². The van der Waals surface area contributed by atoms with Crippen LogP contribution in [0.15, 0.2) is 139 Å². The molecule has 4 aromatic rings. The first-order valence-corrected chi connectivity index (χ1v) is 19.1. The number of ether oxygens (including phenoxy) is 2. The molecule has 2 N–H and O–H groups in total. The maximum Gasteiger partial charge on any atom is 0.310 e. The van der Waals surface area contributed by atoms with Gasteiger partial charge in [0, 0.05) is 18.3 Å². The molecular formula is C47H55N3O5. The number of carbonyl (C=O) groups is 2. The summed E-state index contributed by atoms with van der Waals surface area (Å²) >= 11 is 0. The maximum atomic E-state index is 11.1. The number of likely N-dealkylation sites (N-methyl/N-ethyl adjacent to an activating group) is 1. The number of aliphatic carboxylic acids is 1. The van der Waals surface area contributed by atoms with E-state index in [9.17, 15) is 9.59 Å². The topological polar surface area (TPSA) is 103 Å². The largest absolute Gasteiger partial charge is 0.489 e. The fourth-order valence-corrected chi connectivity index (χ4v) is 5.76. The van der Waals surface area contributed by atoms with E-state index in [1.807, 2.05) is 55.6 Å². The number of benzene rings is 3. The summed E-state index contributed by atoms with van der Waals surface area (Å²) in [6.45, 7) is 9.41. The fraction of sp³-hybridized carbons (Fsp3) is 0.298. The Morgan fingerprint density at radius 2 is 1.69 bits per heavy atom. The summed E-state index contributed by atoms with van der Waals surface area (Å²) in [5.74, 6) is 2.00. The summed E-state index contributed by atoms with van der Waals surface area (Å²) in [6.07, 6.45) is 22.2. The van der Waals surface area contributed by atoms with Gasteiger partial charge in [0.05, 0.1) is 17.7 Å². The number of aromatic nitrogens is 2. The second-order valence-corrected chi connectivity index (χ2v) is 13.5. The lowest BCUT2D eigenvalue weighted by Gasteiger charge is -2.18. The van der Waals surface area contributed by atoms with Crippen LogP contribution in [0.25, 0.3) is 5.57 Å². The van der Waals surface area contributed by atoms with Gasteiger partial charge in [-0.2, -0.15) is 0 Å². The van der Waals surface area contributed by atoms with Crippen molar-refractivity contribution in [3.63, 3.8) is 0 Å².